The molecule has 0 aromatic heterocycles. The number of nitrogens with two attached hydrogens (primary N) is 1. The van der Waals surface area contributed by atoms with Crippen molar-refractivity contribution in [2.24, 2.45) is 5.14 Å². The molecule has 5 heteroatoms. The maximum absolute atomic E-state index is 11.4. The van der Waals surface area contributed by atoms with E-state index in [2.05, 4.69) is 0 Å². The van der Waals surface area contributed by atoms with Gasteiger partial charge in [0, 0.05) is 5.38 Å². The number of hydrogen-bond donors (Lipinski definition) is 1. The molecule has 0 saturated carbocycles. The van der Waals surface area contributed by atoms with Crippen LogP contribution in [0.1, 0.15) is 31.7 Å². The Morgan fingerprint density at radius 1 is 1.38 bits per heavy atom. The van der Waals surface area contributed by atoms with E-state index in [-0.39, 0.29) is 16.2 Å². The maximum Gasteiger partial charge on any atom is 0.238 e. The highest BCUT2D eigenvalue weighted by Gasteiger charge is 2.21. The van der Waals surface area contributed by atoms with Crippen LogP contribution in [0.4, 0.5) is 0 Å². The predicted octanol–water partition coefficient (Wildman–Crippen LogP) is 2.45. The van der Waals surface area contributed by atoms with E-state index in [1.54, 1.807) is 18.2 Å². The summed E-state index contributed by atoms with van der Waals surface area (Å²) in [5.74, 6) is -0.0406. The van der Waals surface area contributed by atoms with Gasteiger partial charge in [-0.1, -0.05) is 32.0 Å². The highest BCUT2D eigenvalue weighted by Crippen LogP contribution is 2.29. The Balaban J connectivity index is 3.24. The molecule has 16 heavy (non-hydrogen) atoms. The monoisotopic (exact) mass is 261 g/mol. The van der Waals surface area contributed by atoms with E-state index >= 15 is 0 Å². The van der Waals surface area contributed by atoms with Crippen LogP contribution in [0.25, 0.3) is 0 Å². The van der Waals surface area contributed by atoms with Crippen LogP contribution < -0.4 is 5.14 Å². The summed E-state index contributed by atoms with van der Waals surface area (Å²) in [5, 5.41) is 5.07. The molecule has 0 fully saturated rings. The molecule has 2 N–H and O–H groups in total. The Morgan fingerprint density at radius 2 is 1.94 bits per heavy atom. The molecule has 2 atom stereocenters. The van der Waals surface area contributed by atoms with Gasteiger partial charge in [-0.15, -0.1) is 11.6 Å². The predicted molar refractivity (Wildman–Crippen MR) is 66.2 cm³/mol. The zero-order valence-corrected chi connectivity index (χ0v) is 10.9. The molecular weight excluding hydrogens is 246 g/mol. The lowest BCUT2D eigenvalue weighted by Gasteiger charge is -2.19. The average Bonchev–Trinajstić information content (AvgIpc) is 2.26. The minimum Gasteiger partial charge on any atom is -0.225 e. The first-order valence-corrected chi connectivity index (χ1v) is 7.12. The summed E-state index contributed by atoms with van der Waals surface area (Å²) >= 11 is 6.14. The second kappa shape index (κ2) is 5.17. The normalized spacial score (nSPS) is 15.8. The quantitative estimate of drug-likeness (QED) is 0.847. The molecule has 0 radical (unpaired) electrons. The molecular formula is C11H16ClNO2S. The number of halogens is 1. The molecule has 2 unspecified atom stereocenters. The van der Waals surface area contributed by atoms with Crippen molar-refractivity contribution in [1.82, 2.24) is 0 Å². The van der Waals surface area contributed by atoms with Crippen molar-refractivity contribution < 1.29 is 8.42 Å². The Morgan fingerprint density at radius 3 is 2.44 bits per heavy atom. The third kappa shape index (κ3) is 2.97. The van der Waals surface area contributed by atoms with Crippen LogP contribution in [0.15, 0.2) is 29.2 Å². The number of primary sulfonamides is 1. The Hall–Kier alpha value is -0.580. The van der Waals surface area contributed by atoms with Gasteiger partial charge in [0.2, 0.25) is 10.0 Å². The van der Waals surface area contributed by atoms with E-state index in [0.717, 1.165) is 6.42 Å². The van der Waals surface area contributed by atoms with Crippen molar-refractivity contribution in [2.45, 2.75) is 36.5 Å². The number of rotatable bonds is 4. The topological polar surface area (TPSA) is 60.2 Å². The van der Waals surface area contributed by atoms with E-state index in [1.165, 1.54) is 6.07 Å². The molecule has 0 bridgehead atoms. The van der Waals surface area contributed by atoms with Gasteiger partial charge in [-0.05, 0) is 24.0 Å². The number of sulfonamides is 1. The Kier molecular flexibility index (Phi) is 4.35. The molecule has 0 spiro atoms. The van der Waals surface area contributed by atoms with Crippen LogP contribution in [-0.4, -0.2) is 13.8 Å². The lowest BCUT2D eigenvalue weighted by molar-refractivity contribution is 0.592. The lowest BCUT2D eigenvalue weighted by atomic mass is 9.96. The van der Waals surface area contributed by atoms with E-state index in [0.29, 0.717) is 5.56 Å². The summed E-state index contributed by atoms with van der Waals surface area (Å²) < 4.78 is 22.8. The molecule has 0 saturated heterocycles. The first-order valence-electron chi connectivity index (χ1n) is 5.13. The molecule has 0 amide bonds. The molecule has 1 aromatic rings. The first kappa shape index (κ1) is 13.5. The highest BCUT2D eigenvalue weighted by atomic mass is 35.5. The zero-order chi connectivity index (χ0) is 12.3. The molecule has 3 nitrogen and oxygen atoms in total. The van der Waals surface area contributed by atoms with Crippen molar-refractivity contribution in [2.75, 3.05) is 0 Å². The van der Waals surface area contributed by atoms with Gasteiger partial charge in [-0.3, -0.25) is 0 Å². The van der Waals surface area contributed by atoms with Gasteiger partial charge >= 0.3 is 0 Å². The van der Waals surface area contributed by atoms with E-state index < -0.39 is 10.0 Å². The summed E-state index contributed by atoms with van der Waals surface area (Å²) in [6, 6.07) is 6.72. The average molecular weight is 262 g/mol. The van der Waals surface area contributed by atoms with Crippen LogP contribution in [0.3, 0.4) is 0 Å². The molecule has 0 aliphatic carbocycles. The first-order chi connectivity index (χ1) is 7.38. The summed E-state index contributed by atoms with van der Waals surface area (Å²) in [7, 11) is -3.68. The summed E-state index contributed by atoms with van der Waals surface area (Å²) in [5.41, 5.74) is 0.687. The summed E-state index contributed by atoms with van der Waals surface area (Å²) in [6.45, 7) is 3.87. The van der Waals surface area contributed by atoms with Gasteiger partial charge in [-0.25, -0.2) is 13.6 Å². The Labute approximate surface area is 102 Å². The minimum absolute atomic E-state index is 0.0406. The smallest absolute Gasteiger partial charge is 0.225 e. The van der Waals surface area contributed by atoms with E-state index in [9.17, 15) is 8.42 Å². The van der Waals surface area contributed by atoms with Crippen LogP contribution in [0.2, 0.25) is 0 Å². The molecule has 0 aliphatic heterocycles. The van der Waals surface area contributed by atoms with Crippen LogP contribution in [0, 0.1) is 0 Å². The van der Waals surface area contributed by atoms with Crippen LogP contribution >= 0.6 is 11.6 Å². The minimum atomic E-state index is -3.68. The lowest BCUT2D eigenvalue weighted by Crippen LogP contribution is -2.18. The fraction of sp³-hybridized carbons (Fsp3) is 0.455. The number of benzene rings is 1. The van der Waals surface area contributed by atoms with Crippen molar-refractivity contribution in [1.29, 1.82) is 0 Å². The van der Waals surface area contributed by atoms with E-state index in [4.69, 9.17) is 16.7 Å². The molecule has 90 valence electrons. The SMILES string of the molecule is CCC(Cl)C(C)c1ccccc1S(N)(=O)=O. The van der Waals surface area contributed by atoms with Crippen molar-refractivity contribution in [3.63, 3.8) is 0 Å². The van der Waals surface area contributed by atoms with Crippen molar-refractivity contribution in [3.8, 4) is 0 Å². The van der Waals surface area contributed by atoms with Crippen LogP contribution in [0.5, 0.6) is 0 Å². The van der Waals surface area contributed by atoms with Crippen molar-refractivity contribution >= 4 is 21.6 Å². The summed E-state index contributed by atoms with van der Waals surface area (Å²) in [6.07, 6.45) is 0.779. The number of hydrogen-bond acceptors (Lipinski definition) is 2. The van der Waals surface area contributed by atoms with Gasteiger partial charge in [0.25, 0.3) is 0 Å². The third-order valence-corrected chi connectivity index (χ3v) is 4.32. The second-order valence-electron chi connectivity index (χ2n) is 3.80. The standard InChI is InChI=1S/C11H16ClNO2S/c1-3-10(12)8(2)9-6-4-5-7-11(9)16(13,14)15/h4-8,10H,3H2,1-2H3,(H2,13,14,15). The van der Waals surface area contributed by atoms with Gasteiger partial charge in [0.05, 0.1) is 4.90 Å². The van der Waals surface area contributed by atoms with Gasteiger partial charge in [0.15, 0.2) is 0 Å². The molecule has 1 aromatic carbocycles. The maximum atomic E-state index is 11.4. The summed E-state index contributed by atoms with van der Waals surface area (Å²) in [4.78, 5) is 0.168. The highest BCUT2D eigenvalue weighted by molar-refractivity contribution is 7.89. The Bertz CT molecular complexity index is 459. The van der Waals surface area contributed by atoms with Gasteiger partial charge < -0.3 is 0 Å². The molecule has 0 heterocycles. The van der Waals surface area contributed by atoms with E-state index in [1.807, 2.05) is 13.8 Å². The van der Waals surface area contributed by atoms with Crippen LogP contribution in [-0.2, 0) is 10.0 Å². The van der Waals surface area contributed by atoms with Crippen molar-refractivity contribution in [3.05, 3.63) is 29.8 Å². The second-order valence-corrected chi connectivity index (χ2v) is 5.89. The third-order valence-electron chi connectivity index (χ3n) is 2.65. The zero-order valence-electron chi connectivity index (χ0n) is 9.35. The van der Waals surface area contributed by atoms with Gasteiger partial charge in [-0.2, -0.15) is 0 Å². The fourth-order valence-corrected chi connectivity index (χ4v) is 2.65. The molecule has 0 aliphatic rings. The van der Waals surface area contributed by atoms with Gasteiger partial charge in [0.1, 0.15) is 0 Å². The fourth-order valence-electron chi connectivity index (χ4n) is 1.66. The number of alkyl halides is 1. The largest absolute Gasteiger partial charge is 0.238 e. The molecule has 1 rings (SSSR count).